The lowest BCUT2D eigenvalue weighted by atomic mass is 10.1. The van der Waals surface area contributed by atoms with Crippen molar-refractivity contribution in [3.63, 3.8) is 0 Å². The first-order chi connectivity index (χ1) is 9.58. The summed E-state index contributed by atoms with van der Waals surface area (Å²) in [6, 6.07) is 11.1. The maximum absolute atomic E-state index is 13.7. The Morgan fingerprint density at radius 3 is 2.55 bits per heavy atom. The first kappa shape index (κ1) is 14.5. The molecule has 0 saturated carbocycles. The molecule has 0 amide bonds. The minimum absolute atomic E-state index is 0.370. The van der Waals surface area contributed by atoms with Crippen LogP contribution in [0.25, 0.3) is 0 Å². The number of nitrogens with zero attached hydrogens (tertiary/aromatic N) is 1. The van der Waals surface area contributed by atoms with E-state index in [1.54, 1.807) is 0 Å². The van der Waals surface area contributed by atoms with Gasteiger partial charge in [-0.3, -0.25) is 4.90 Å². The van der Waals surface area contributed by atoms with E-state index in [0.29, 0.717) is 24.3 Å². The summed E-state index contributed by atoms with van der Waals surface area (Å²) < 4.78 is 26.8. The SMILES string of the molecule is CCN(Cc1cccc(N)c1)Cc1cc(F)ccc1F. The van der Waals surface area contributed by atoms with Crippen molar-refractivity contribution in [2.45, 2.75) is 20.0 Å². The van der Waals surface area contributed by atoms with Crippen LogP contribution >= 0.6 is 0 Å². The van der Waals surface area contributed by atoms with Crippen molar-refractivity contribution >= 4 is 5.69 Å². The number of benzene rings is 2. The fourth-order valence-corrected chi connectivity index (χ4v) is 2.13. The molecule has 0 aromatic heterocycles. The Kier molecular flexibility index (Phi) is 4.69. The normalized spacial score (nSPS) is 11.0. The van der Waals surface area contributed by atoms with Crippen LogP contribution < -0.4 is 5.73 Å². The molecule has 0 saturated heterocycles. The molecule has 0 spiro atoms. The van der Waals surface area contributed by atoms with Gasteiger partial charge in [0, 0.05) is 24.3 Å². The zero-order chi connectivity index (χ0) is 14.5. The topological polar surface area (TPSA) is 29.3 Å². The Labute approximate surface area is 117 Å². The number of anilines is 1. The van der Waals surface area contributed by atoms with Crippen molar-refractivity contribution < 1.29 is 8.78 Å². The Bertz CT molecular complexity index is 584. The van der Waals surface area contributed by atoms with Gasteiger partial charge in [0.25, 0.3) is 0 Å². The van der Waals surface area contributed by atoms with Crippen LogP contribution in [0.15, 0.2) is 42.5 Å². The van der Waals surface area contributed by atoms with Gasteiger partial charge in [-0.2, -0.15) is 0 Å². The Hall–Kier alpha value is -1.94. The van der Waals surface area contributed by atoms with Crippen molar-refractivity contribution in [1.29, 1.82) is 0 Å². The lowest BCUT2D eigenvalue weighted by Crippen LogP contribution is -2.23. The van der Waals surface area contributed by atoms with E-state index < -0.39 is 5.82 Å². The van der Waals surface area contributed by atoms with Crippen LogP contribution in [-0.4, -0.2) is 11.4 Å². The van der Waals surface area contributed by atoms with Crippen molar-refractivity contribution in [1.82, 2.24) is 4.90 Å². The highest BCUT2D eigenvalue weighted by Crippen LogP contribution is 2.15. The van der Waals surface area contributed by atoms with Crippen molar-refractivity contribution in [3.8, 4) is 0 Å². The quantitative estimate of drug-likeness (QED) is 0.846. The Morgan fingerprint density at radius 1 is 1.05 bits per heavy atom. The molecule has 2 aromatic rings. The van der Waals surface area contributed by atoms with Crippen molar-refractivity contribution in [2.75, 3.05) is 12.3 Å². The van der Waals surface area contributed by atoms with Gasteiger partial charge >= 0.3 is 0 Å². The number of hydrogen-bond donors (Lipinski definition) is 1. The summed E-state index contributed by atoms with van der Waals surface area (Å²) in [6.45, 7) is 3.75. The first-order valence-corrected chi connectivity index (χ1v) is 6.59. The van der Waals surface area contributed by atoms with Crippen LogP contribution in [-0.2, 0) is 13.1 Å². The van der Waals surface area contributed by atoms with Gasteiger partial charge in [-0.1, -0.05) is 19.1 Å². The predicted octanol–water partition coefficient (Wildman–Crippen LogP) is 3.57. The van der Waals surface area contributed by atoms with Crippen LogP contribution in [0.2, 0.25) is 0 Å². The summed E-state index contributed by atoms with van der Waals surface area (Å²) in [5.41, 5.74) is 7.88. The van der Waals surface area contributed by atoms with Crippen molar-refractivity contribution in [2.24, 2.45) is 0 Å². The van der Waals surface area contributed by atoms with Gasteiger partial charge in [0.15, 0.2) is 0 Å². The Morgan fingerprint density at radius 2 is 1.85 bits per heavy atom. The third-order valence-corrected chi connectivity index (χ3v) is 3.21. The molecular weight excluding hydrogens is 258 g/mol. The standard InChI is InChI=1S/C16H18F2N2/c1-2-20(10-12-4-3-5-15(19)8-12)11-13-9-14(17)6-7-16(13)18/h3-9H,2,10-11,19H2,1H3. The minimum atomic E-state index is -0.415. The van der Waals surface area contributed by atoms with Crippen molar-refractivity contribution in [3.05, 3.63) is 65.2 Å². The van der Waals surface area contributed by atoms with E-state index in [2.05, 4.69) is 0 Å². The van der Waals surface area contributed by atoms with E-state index in [1.165, 1.54) is 12.1 Å². The summed E-state index contributed by atoms with van der Waals surface area (Å²) in [5, 5.41) is 0. The molecule has 2 nitrogen and oxygen atoms in total. The second kappa shape index (κ2) is 6.48. The zero-order valence-electron chi connectivity index (χ0n) is 11.4. The molecule has 0 aliphatic carbocycles. The van der Waals surface area contributed by atoms with Crippen LogP contribution in [0.5, 0.6) is 0 Å². The maximum Gasteiger partial charge on any atom is 0.127 e. The first-order valence-electron chi connectivity index (χ1n) is 6.59. The molecule has 0 bridgehead atoms. The largest absolute Gasteiger partial charge is 0.399 e. The Balaban J connectivity index is 2.11. The second-order valence-electron chi connectivity index (χ2n) is 4.78. The van der Waals surface area contributed by atoms with Gasteiger partial charge < -0.3 is 5.73 Å². The van der Waals surface area contributed by atoms with Gasteiger partial charge in [-0.25, -0.2) is 8.78 Å². The van der Waals surface area contributed by atoms with E-state index in [0.717, 1.165) is 18.2 Å². The van der Waals surface area contributed by atoms with E-state index in [-0.39, 0.29) is 5.82 Å². The molecule has 0 unspecified atom stereocenters. The third kappa shape index (κ3) is 3.78. The lowest BCUT2D eigenvalue weighted by molar-refractivity contribution is 0.267. The van der Waals surface area contributed by atoms with Gasteiger partial charge in [-0.05, 0) is 42.4 Å². The monoisotopic (exact) mass is 276 g/mol. The molecule has 20 heavy (non-hydrogen) atoms. The van der Waals surface area contributed by atoms with Crippen LogP contribution in [0.3, 0.4) is 0 Å². The van der Waals surface area contributed by atoms with E-state index in [1.807, 2.05) is 36.1 Å². The molecule has 0 radical (unpaired) electrons. The molecule has 0 fully saturated rings. The van der Waals surface area contributed by atoms with Crippen LogP contribution in [0, 0.1) is 11.6 Å². The lowest BCUT2D eigenvalue weighted by Gasteiger charge is -2.21. The molecule has 2 rings (SSSR count). The molecule has 106 valence electrons. The third-order valence-electron chi connectivity index (χ3n) is 3.21. The molecule has 0 aliphatic heterocycles. The van der Waals surface area contributed by atoms with E-state index in [9.17, 15) is 8.78 Å². The van der Waals surface area contributed by atoms with Gasteiger partial charge in [-0.15, -0.1) is 0 Å². The van der Waals surface area contributed by atoms with E-state index >= 15 is 0 Å². The van der Waals surface area contributed by atoms with Gasteiger partial charge in [0.05, 0.1) is 0 Å². The molecule has 2 N–H and O–H groups in total. The number of nitrogens with two attached hydrogens (primary N) is 1. The predicted molar refractivity (Wildman–Crippen MR) is 77.0 cm³/mol. The number of hydrogen-bond acceptors (Lipinski definition) is 2. The molecule has 0 heterocycles. The van der Waals surface area contributed by atoms with Crippen LogP contribution in [0.4, 0.5) is 14.5 Å². The summed E-state index contributed by atoms with van der Waals surface area (Å²) in [5.74, 6) is -0.793. The fraction of sp³-hybridized carbons (Fsp3) is 0.250. The molecule has 4 heteroatoms. The van der Waals surface area contributed by atoms with Gasteiger partial charge in [0.1, 0.15) is 11.6 Å². The van der Waals surface area contributed by atoms with Crippen LogP contribution in [0.1, 0.15) is 18.1 Å². The second-order valence-corrected chi connectivity index (χ2v) is 4.78. The highest BCUT2D eigenvalue weighted by Gasteiger charge is 2.10. The number of rotatable bonds is 5. The summed E-state index contributed by atoms with van der Waals surface area (Å²) in [4.78, 5) is 2.03. The minimum Gasteiger partial charge on any atom is -0.399 e. The number of nitrogen functional groups attached to an aromatic ring is 1. The summed E-state index contributed by atoms with van der Waals surface area (Å²) >= 11 is 0. The molecule has 2 aromatic carbocycles. The van der Waals surface area contributed by atoms with Gasteiger partial charge in [0.2, 0.25) is 0 Å². The molecular formula is C16H18F2N2. The number of halogens is 2. The highest BCUT2D eigenvalue weighted by atomic mass is 19.1. The zero-order valence-corrected chi connectivity index (χ0v) is 11.4. The molecule has 0 atom stereocenters. The summed E-state index contributed by atoms with van der Waals surface area (Å²) in [7, 11) is 0. The smallest absolute Gasteiger partial charge is 0.127 e. The fourth-order valence-electron chi connectivity index (χ4n) is 2.13. The average Bonchev–Trinajstić information content (AvgIpc) is 2.42. The average molecular weight is 276 g/mol. The highest BCUT2D eigenvalue weighted by molar-refractivity contribution is 5.40. The summed E-state index contributed by atoms with van der Waals surface area (Å²) in [6.07, 6.45) is 0. The maximum atomic E-state index is 13.7. The molecule has 0 aliphatic rings. The van der Waals surface area contributed by atoms with E-state index in [4.69, 9.17) is 5.73 Å².